The maximum absolute atomic E-state index is 13.7. The molecule has 2 aromatic carbocycles. The summed E-state index contributed by atoms with van der Waals surface area (Å²) in [5.41, 5.74) is 1.78. The first-order valence-electron chi connectivity index (χ1n) is 14.3. The van der Waals surface area contributed by atoms with Crippen molar-refractivity contribution in [2.24, 2.45) is 11.3 Å². The SMILES string of the molecule is O=C(C=CCN1CCC2(CCOC(=O)C2)CC1)Nc1cc2c(Nc3ccc(F)c(Cl)c3)ncnc2cc1OCC1CC1. The second kappa shape index (κ2) is 12.2. The number of hydrogen-bond acceptors (Lipinski definition) is 8. The molecule has 1 aliphatic carbocycles. The van der Waals surface area contributed by atoms with Gasteiger partial charge in [-0.25, -0.2) is 14.4 Å². The van der Waals surface area contributed by atoms with Crippen LogP contribution in [0.5, 0.6) is 5.75 Å². The minimum Gasteiger partial charge on any atom is -0.491 e. The van der Waals surface area contributed by atoms with E-state index in [0.29, 0.717) is 65.9 Å². The van der Waals surface area contributed by atoms with E-state index in [9.17, 15) is 14.0 Å². The van der Waals surface area contributed by atoms with Crippen molar-refractivity contribution in [1.82, 2.24) is 14.9 Å². The van der Waals surface area contributed by atoms with Crippen LogP contribution >= 0.6 is 11.6 Å². The summed E-state index contributed by atoms with van der Waals surface area (Å²) in [6.45, 7) is 3.52. The van der Waals surface area contributed by atoms with Gasteiger partial charge in [0.2, 0.25) is 5.91 Å². The molecule has 0 unspecified atom stereocenters. The van der Waals surface area contributed by atoms with Gasteiger partial charge in [0.05, 0.1) is 35.9 Å². The van der Waals surface area contributed by atoms with E-state index in [4.69, 9.17) is 21.1 Å². The smallest absolute Gasteiger partial charge is 0.306 e. The summed E-state index contributed by atoms with van der Waals surface area (Å²) in [7, 11) is 0. The molecule has 1 saturated carbocycles. The van der Waals surface area contributed by atoms with Gasteiger partial charge in [-0.3, -0.25) is 14.5 Å². The molecule has 11 heteroatoms. The number of fused-ring (bicyclic) bond motifs is 1. The molecule has 3 aromatic rings. The number of nitrogens with zero attached hydrogens (tertiary/aromatic N) is 3. The number of piperidine rings is 1. The van der Waals surface area contributed by atoms with Crippen LogP contribution in [-0.2, 0) is 14.3 Å². The molecule has 1 aromatic heterocycles. The number of carbonyl (C=O) groups excluding carboxylic acids is 2. The number of rotatable bonds is 9. The van der Waals surface area contributed by atoms with Crippen LogP contribution in [0.2, 0.25) is 5.02 Å². The molecule has 0 atom stereocenters. The van der Waals surface area contributed by atoms with Crippen molar-refractivity contribution < 1.29 is 23.5 Å². The van der Waals surface area contributed by atoms with Gasteiger partial charge in [-0.15, -0.1) is 0 Å². The number of cyclic esters (lactones) is 1. The highest BCUT2D eigenvalue weighted by Crippen LogP contribution is 2.41. The van der Waals surface area contributed by atoms with Crippen molar-refractivity contribution in [3.05, 3.63) is 59.7 Å². The summed E-state index contributed by atoms with van der Waals surface area (Å²) in [4.78, 5) is 35.8. The highest BCUT2D eigenvalue weighted by Gasteiger charge is 2.39. The predicted octanol–water partition coefficient (Wildman–Crippen LogP) is 5.87. The molecule has 3 heterocycles. The number of carbonyl (C=O) groups is 2. The third-order valence-electron chi connectivity index (χ3n) is 8.31. The van der Waals surface area contributed by atoms with E-state index in [1.165, 1.54) is 18.5 Å². The third kappa shape index (κ3) is 6.82. The van der Waals surface area contributed by atoms with Crippen LogP contribution < -0.4 is 15.4 Å². The van der Waals surface area contributed by atoms with Crippen molar-refractivity contribution >= 4 is 51.6 Å². The van der Waals surface area contributed by atoms with Crippen molar-refractivity contribution in [1.29, 1.82) is 0 Å². The fourth-order valence-corrected chi connectivity index (χ4v) is 5.73. The highest BCUT2D eigenvalue weighted by atomic mass is 35.5. The first-order valence-corrected chi connectivity index (χ1v) is 14.7. The van der Waals surface area contributed by atoms with E-state index < -0.39 is 5.82 Å². The molecule has 0 radical (unpaired) electrons. The number of esters is 1. The van der Waals surface area contributed by atoms with Crippen LogP contribution in [0.15, 0.2) is 48.8 Å². The second-order valence-corrected chi connectivity index (χ2v) is 11.8. The Morgan fingerprint density at radius 2 is 2.02 bits per heavy atom. The Labute approximate surface area is 248 Å². The third-order valence-corrected chi connectivity index (χ3v) is 8.60. The minimum absolute atomic E-state index is 0.00314. The number of amides is 1. The van der Waals surface area contributed by atoms with E-state index in [0.717, 1.165) is 45.2 Å². The van der Waals surface area contributed by atoms with E-state index in [-0.39, 0.29) is 22.3 Å². The Bertz CT molecular complexity index is 1520. The molecule has 2 saturated heterocycles. The van der Waals surface area contributed by atoms with E-state index in [1.54, 1.807) is 24.3 Å². The number of likely N-dealkylation sites (tertiary alicyclic amines) is 1. The van der Waals surface area contributed by atoms with Crippen LogP contribution in [0.25, 0.3) is 10.9 Å². The largest absolute Gasteiger partial charge is 0.491 e. The van der Waals surface area contributed by atoms with Crippen LogP contribution in [0.3, 0.4) is 0 Å². The van der Waals surface area contributed by atoms with Crippen LogP contribution in [0.1, 0.15) is 38.5 Å². The molecule has 1 amide bonds. The van der Waals surface area contributed by atoms with Crippen LogP contribution in [0.4, 0.5) is 21.6 Å². The van der Waals surface area contributed by atoms with Gasteiger partial charge in [0.15, 0.2) is 0 Å². The minimum atomic E-state index is -0.509. The molecule has 3 aliphatic rings. The molecule has 3 fully saturated rings. The number of nitrogens with one attached hydrogen (secondary N) is 2. The van der Waals surface area contributed by atoms with Gasteiger partial charge in [0, 0.05) is 29.8 Å². The molecule has 0 bridgehead atoms. The lowest BCUT2D eigenvalue weighted by molar-refractivity contribution is -0.155. The Morgan fingerprint density at radius 1 is 1.19 bits per heavy atom. The molecule has 2 aliphatic heterocycles. The molecule has 220 valence electrons. The van der Waals surface area contributed by atoms with Gasteiger partial charge >= 0.3 is 5.97 Å². The molecular formula is C31H33ClFN5O4. The van der Waals surface area contributed by atoms with Crippen molar-refractivity contribution in [2.45, 2.75) is 38.5 Å². The van der Waals surface area contributed by atoms with Gasteiger partial charge in [-0.05, 0) is 80.8 Å². The summed E-state index contributed by atoms with van der Waals surface area (Å²) < 4.78 is 24.9. The molecule has 9 nitrogen and oxygen atoms in total. The summed E-state index contributed by atoms with van der Waals surface area (Å²) in [5, 5.41) is 6.79. The Balaban J connectivity index is 1.14. The molecule has 2 N–H and O–H groups in total. The number of benzene rings is 2. The maximum atomic E-state index is 13.7. The van der Waals surface area contributed by atoms with Crippen molar-refractivity contribution in [3.8, 4) is 5.75 Å². The zero-order chi connectivity index (χ0) is 29.1. The monoisotopic (exact) mass is 593 g/mol. The van der Waals surface area contributed by atoms with Crippen LogP contribution in [-0.4, -0.2) is 59.6 Å². The van der Waals surface area contributed by atoms with Gasteiger partial charge in [-0.2, -0.15) is 0 Å². The molecular weight excluding hydrogens is 561 g/mol. The Kier molecular flexibility index (Phi) is 8.26. The zero-order valence-corrected chi connectivity index (χ0v) is 24.0. The zero-order valence-electron chi connectivity index (χ0n) is 23.2. The maximum Gasteiger partial charge on any atom is 0.306 e. The standard InChI is InChI=1S/C31H33ClFN5O4/c32-23-14-21(5-6-24(23)33)36-30-22-15-26(27(42-18-20-3-4-20)16-25(22)34-19-35-30)37-28(39)2-1-10-38-11-7-31(8-12-38)9-13-41-29(40)17-31/h1-2,5-6,14-16,19-20H,3-4,7-13,17-18H2,(H,37,39)(H,34,35,36). The lowest BCUT2D eigenvalue weighted by Crippen LogP contribution is -2.44. The van der Waals surface area contributed by atoms with E-state index in [1.807, 2.05) is 6.08 Å². The quantitative estimate of drug-likeness (QED) is 0.234. The first kappa shape index (κ1) is 28.4. The normalized spacial score (nSPS) is 18.8. The lowest BCUT2D eigenvalue weighted by Gasteiger charge is -2.43. The Hall–Kier alpha value is -3.76. The van der Waals surface area contributed by atoms with E-state index in [2.05, 4.69) is 25.5 Å². The first-order chi connectivity index (χ1) is 20.4. The fourth-order valence-electron chi connectivity index (χ4n) is 5.55. The van der Waals surface area contributed by atoms with E-state index >= 15 is 0 Å². The summed E-state index contributed by atoms with van der Waals surface area (Å²) in [6.07, 6.45) is 10.5. The number of halogens is 2. The lowest BCUT2D eigenvalue weighted by atomic mass is 9.72. The average molecular weight is 594 g/mol. The second-order valence-electron chi connectivity index (χ2n) is 11.4. The highest BCUT2D eigenvalue weighted by molar-refractivity contribution is 6.31. The number of aromatic nitrogens is 2. The molecule has 42 heavy (non-hydrogen) atoms. The van der Waals surface area contributed by atoms with Gasteiger partial charge < -0.3 is 20.1 Å². The molecule has 1 spiro atoms. The average Bonchev–Trinajstić information content (AvgIpc) is 3.80. The summed E-state index contributed by atoms with van der Waals surface area (Å²) >= 11 is 5.96. The Morgan fingerprint density at radius 3 is 2.79 bits per heavy atom. The van der Waals surface area contributed by atoms with Crippen molar-refractivity contribution in [2.75, 3.05) is 43.5 Å². The van der Waals surface area contributed by atoms with Gasteiger partial charge in [0.1, 0.15) is 23.7 Å². The summed E-state index contributed by atoms with van der Waals surface area (Å²) in [5.74, 6) is 0.679. The topological polar surface area (TPSA) is 106 Å². The van der Waals surface area contributed by atoms with Gasteiger partial charge in [0.25, 0.3) is 0 Å². The number of hydrogen-bond donors (Lipinski definition) is 2. The fraction of sp³-hybridized carbons (Fsp3) is 0.419. The van der Waals surface area contributed by atoms with Crippen molar-refractivity contribution in [3.63, 3.8) is 0 Å². The molecule has 6 rings (SSSR count). The summed E-state index contributed by atoms with van der Waals surface area (Å²) in [6, 6.07) is 7.92. The number of anilines is 3. The van der Waals surface area contributed by atoms with Crippen LogP contribution in [0, 0.1) is 17.2 Å². The predicted molar refractivity (Wildman–Crippen MR) is 159 cm³/mol. The van der Waals surface area contributed by atoms with Gasteiger partial charge in [-0.1, -0.05) is 17.7 Å². The number of ether oxygens (including phenoxy) is 2.